The molecule has 1 N–H and O–H groups in total. The van der Waals surface area contributed by atoms with Gasteiger partial charge in [0, 0.05) is 0 Å². The van der Waals surface area contributed by atoms with Gasteiger partial charge >= 0.3 is 0 Å². The first-order valence-corrected chi connectivity index (χ1v) is 5.34. The lowest BCUT2D eigenvalue weighted by atomic mass is 9.79. The Bertz CT molecular complexity index is 142. The van der Waals surface area contributed by atoms with Crippen LogP contribution in [0.25, 0.3) is 0 Å². The van der Waals surface area contributed by atoms with Gasteiger partial charge in [-0.15, -0.1) is 0 Å². The number of hydrogen-bond acceptors (Lipinski definition) is 1. The van der Waals surface area contributed by atoms with Crippen LogP contribution in [-0.2, 0) is 0 Å². The summed E-state index contributed by atoms with van der Waals surface area (Å²) in [6, 6.07) is 0. The van der Waals surface area contributed by atoms with Crippen LogP contribution in [0.4, 0.5) is 0 Å². The third kappa shape index (κ3) is 7.06. The molecule has 0 fully saturated rings. The van der Waals surface area contributed by atoms with Crippen LogP contribution in [0.1, 0.15) is 60.8 Å². The lowest BCUT2D eigenvalue weighted by molar-refractivity contribution is 0.0740. The standard InChI is InChI=1S/C12H26O/c1-7-12(5,6)9-10(13)8-11(2,3)4/h10,13H,7-9H2,1-6H3. The van der Waals surface area contributed by atoms with Crippen LogP contribution < -0.4 is 0 Å². The summed E-state index contributed by atoms with van der Waals surface area (Å²) in [6.07, 6.45) is 2.81. The van der Waals surface area contributed by atoms with E-state index in [9.17, 15) is 5.11 Å². The Kier molecular flexibility index (Phi) is 4.44. The summed E-state index contributed by atoms with van der Waals surface area (Å²) in [4.78, 5) is 0. The first-order chi connectivity index (χ1) is 5.66. The zero-order valence-corrected chi connectivity index (χ0v) is 10.1. The number of aliphatic hydroxyl groups excluding tert-OH is 1. The average molecular weight is 186 g/mol. The summed E-state index contributed by atoms with van der Waals surface area (Å²) in [7, 11) is 0. The molecule has 0 radical (unpaired) electrons. The van der Waals surface area contributed by atoms with Gasteiger partial charge in [0.2, 0.25) is 0 Å². The topological polar surface area (TPSA) is 20.2 Å². The summed E-state index contributed by atoms with van der Waals surface area (Å²) in [5.41, 5.74) is 0.522. The zero-order chi connectivity index (χ0) is 10.7. The average Bonchev–Trinajstić information content (AvgIpc) is 1.81. The number of aliphatic hydroxyl groups is 1. The van der Waals surface area contributed by atoms with E-state index in [4.69, 9.17) is 0 Å². The summed E-state index contributed by atoms with van der Waals surface area (Å²) in [6.45, 7) is 13.2. The highest BCUT2D eigenvalue weighted by Crippen LogP contribution is 2.30. The molecule has 0 rings (SSSR count). The van der Waals surface area contributed by atoms with E-state index in [0.717, 1.165) is 19.3 Å². The molecule has 0 saturated carbocycles. The van der Waals surface area contributed by atoms with Crippen LogP contribution in [0.15, 0.2) is 0 Å². The molecule has 0 aromatic rings. The first-order valence-electron chi connectivity index (χ1n) is 5.34. The van der Waals surface area contributed by atoms with Crippen LogP contribution >= 0.6 is 0 Å². The van der Waals surface area contributed by atoms with Gasteiger partial charge in [0.1, 0.15) is 0 Å². The van der Waals surface area contributed by atoms with Crippen molar-refractivity contribution in [2.45, 2.75) is 66.9 Å². The smallest absolute Gasteiger partial charge is 0.0550 e. The quantitative estimate of drug-likeness (QED) is 0.711. The maximum Gasteiger partial charge on any atom is 0.0550 e. The van der Waals surface area contributed by atoms with E-state index >= 15 is 0 Å². The fourth-order valence-electron chi connectivity index (χ4n) is 1.56. The van der Waals surface area contributed by atoms with Crippen molar-refractivity contribution in [3.8, 4) is 0 Å². The van der Waals surface area contributed by atoms with E-state index in [1.54, 1.807) is 0 Å². The van der Waals surface area contributed by atoms with Crippen molar-refractivity contribution in [2.75, 3.05) is 0 Å². The van der Waals surface area contributed by atoms with Crippen LogP contribution in [-0.4, -0.2) is 11.2 Å². The van der Waals surface area contributed by atoms with Gasteiger partial charge in [-0.1, -0.05) is 48.0 Å². The highest BCUT2D eigenvalue weighted by molar-refractivity contribution is 4.75. The molecule has 0 aliphatic rings. The lowest BCUT2D eigenvalue weighted by Gasteiger charge is -2.29. The molecule has 13 heavy (non-hydrogen) atoms. The molecule has 0 aliphatic heterocycles. The van der Waals surface area contributed by atoms with Gasteiger partial charge in [0.25, 0.3) is 0 Å². The second-order valence-corrected chi connectivity index (χ2v) is 6.14. The van der Waals surface area contributed by atoms with Crippen LogP contribution in [0.3, 0.4) is 0 Å². The molecule has 0 amide bonds. The molecule has 1 heteroatoms. The third-order valence-corrected chi connectivity index (χ3v) is 2.59. The maximum absolute atomic E-state index is 9.85. The van der Waals surface area contributed by atoms with Crippen molar-refractivity contribution < 1.29 is 5.11 Å². The van der Waals surface area contributed by atoms with Crippen molar-refractivity contribution in [2.24, 2.45) is 10.8 Å². The Morgan fingerprint density at radius 1 is 1.00 bits per heavy atom. The SMILES string of the molecule is CCC(C)(C)CC(O)CC(C)(C)C. The summed E-state index contributed by atoms with van der Waals surface area (Å²) in [5.74, 6) is 0. The minimum atomic E-state index is -0.144. The Labute approximate surface area is 83.5 Å². The molecule has 0 saturated heterocycles. The Hall–Kier alpha value is -0.0400. The van der Waals surface area contributed by atoms with Gasteiger partial charge in [0.15, 0.2) is 0 Å². The minimum Gasteiger partial charge on any atom is -0.393 e. The predicted octanol–water partition coefficient (Wildman–Crippen LogP) is 3.61. The molecular weight excluding hydrogens is 160 g/mol. The van der Waals surface area contributed by atoms with Crippen LogP contribution in [0, 0.1) is 10.8 Å². The Morgan fingerprint density at radius 2 is 1.46 bits per heavy atom. The first kappa shape index (κ1) is 13.0. The van der Waals surface area contributed by atoms with Gasteiger partial charge in [-0.25, -0.2) is 0 Å². The zero-order valence-electron chi connectivity index (χ0n) is 10.1. The van der Waals surface area contributed by atoms with Gasteiger partial charge in [-0.2, -0.15) is 0 Å². The van der Waals surface area contributed by atoms with E-state index in [1.165, 1.54) is 0 Å². The Balaban J connectivity index is 3.94. The van der Waals surface area contributed by atoms with Crippen molar-refractivity contribution in [1.82, 2.24) is 0 Å². The molecule has 0 bridgehead atoms. The summed E-state index contributed by atoms with van der Waals surface area (Å²) >= 11 is 0. The van der Waals surface area contributed by atoms with Gasteiger partial charge < -0.3 is 5.11 Å². The second kappa shape index (κ2) is 4.45. The third-order valence-electron chi connectivity index (χ3n) is 2.59. The van der Waals surface area contributed by atoms with Crippen molar-refractivity contribution in [1.29, 1.82) is 0 Å². The monoisotopic (exact) mass is 186 g/mol. The van der Waals surface area contributed by atoms with Gasteiger partial charge in [0.05, 0.1) is 6.10 Å². The maximum atomic E-state index is 9.85. The van der Waals surface area contributed by atoms with Gasteiger partial charge in [-0.05, 0) is 23.7 Å². The molecule has 0 aromatic heterocycles. The molecule has 1 nitrogen and oxygen atoms in total. The molecule has 1 unspecified atom stereocenters. The summed E-state index contributed by atoms with van der Waals surface area (Å²) in [5, 5.41) is 9.85. The largest absolute Gasteiger partial charge is 0.393 e. The number of hydrogen-bond donors (Lipinski definition) is 1. The molecule has 0 spiro atoms. The van der Waals surface area contributed by atoms with Crippen molar-refractivity contribution in [3.63, 3.8) is 0 Å². The van der Waals surface area contributed by atoms with E-state index < -0.39 is 0 Å². The van der Waals surface area contributed by atoms with E-state index in [0.29, 0.717) is 0 Å². The molecule has 0 aromatic carbocycles. The molecule has 0 aliphatic carbocycles. The highest BCUT2D eigenvalue weighted by Gasteiger charge is 2.23. The fraction of sp³-hybridized carbons (Fsp3) is 1.00. The summed E-state index contributed by atoms with van der Waals surface area (Å²) < 4.78 is 0. The number of rotatable bonds is 4. The normalized spacial score (nSPS) is 15.9. The minimum absolute atomic E-state index is 0.144. The van der Waals surface area contributed by atoms with E-state index in [1.807, 2.05) is 0 Å². The van der Waals surface area contributed by atoms with Crippen molar-refractivity contribution >= 4 is 0 Å². The molecule has 0 heterocycles. The second-order valence-electron chi connectivity index (χ2n) is 6.14. The highest BCUT2D eigenvalue weighted by atomic mass is 16.3. The lowest BCUT2D eigenvalue weighted by Crippen LogP contribution is -2.24. The van der Waals surface area contributed by atoms with Gasteiger partial charge in [-0.3, -0.25) is 0 Å². The molecule has 80 valence electrons. The fourth-order valence-corrected chi connectivity index (χ4v) is 1.56. The Morgan fingerprint density at radius 3 is 1.77 bits per heavy atom. The van der Waals surface area contributed by atoms with Crippen LogP contribution in [0.2, 0.25) is 0 Å². The molecule has 1 atom stereocenters. The van der Waals surface area contributed by atoms with E-state index in [2.05, 4.69) is 41.5 Å². The van der Waals surface area contributed by atoms with E-state index in [-0.39, 0.29) is 16.9 Å². The van der Waals surface area contributed by atoms with Crippen molar-refractivity contribution in [3.05, 3.63) is 0 Å². The van der Waals surface area contributed by atoms with Crippen LogP contribution in [0.5, 0.6) is 0 Å². The predicted molar refractivity (Wildman–Crippen MR) is 58.8 cm³/mol. The molecular formula is C12H26O.